The second-order valence-corrected chi connectivity index (χ2v) is 3.86. The molecule has 17 heavy (non-hydrogen) atoms. The Labute approximate surface area is 101 Å². The minimum atomic E-state index is -0.266. The Morgan fingerprint density at radius 1 is 1.41 bits per heavy atom. The van der Waals surface area contributed by atoms with E-state index in [1.54, 1.807) is 18.4 Å². The van der Waals surface area contributed by atoms with Crippen LogP contribution in [0.25, 0.3) is 0 Å². The first-order chi connectivity index (χ1) is 8.33. The quantitative estimate of drug-likeness (QED) is 0.804. The summed E-state index contributed by atoms with van der Waals surface area (Å²) in [5, 5.41) is 2.79. The molecule has 2 atom stereocenters. The van der Waals surface area contributed by atoms with Crippen molar-refractivity contribution in [2.45, 2.75) is 6.10 Å². The number of carbonyl (C=O) groups is 1. The lowest BCUT2D eigenvalue weighted by atomic mass is 9.96. The van der Waals surface area contributed by atoms with Gasteiger partial charge in [0.05, 0.1) is 6.26 Å². The minimum Gasteiger partial charge on any atom is -0.492 e. The minimum absolute atomic E-state index is 0.0347. The van der Waals surface area contributed by atoms with E-state index in [1.165, 1.54) is 0 Å². The molecule has 0 fully saturated rings. The van der Waals surface area contributed by atoms with E-state index < -0.39 is 0 Å². The lowest BCUT2D eigenvalue weighted by Gasteiger charge is -2.18. The van der Waals surface area contributed by atoms with Gasteiger partial charge in [0, 0.05) is 6.54 Å². The molecule has 0 unspecified atom stereocenters. The molecule has 0 bridgehead atoms. The van der Waals surface area contributed by atoms with Gasteiger partial charge in [-0.25, -0.2) is 0 Å². The number of hydrogen-bond acceptors (Lipinski definition) is 2. The highest BCUT2D eigenvalue weighted by molar-refractivity contribution is 5.81. The summed E-state index contributed by atoms with van der Waals surface area (Å²) in [6.07, 6.45) is 4.82. The van der Waals surface area contributed by atoms with Gasteiger partial charge in [-0.05, 0) is 11.6 Å². The first-order valence-corrected chi connectivity index (χ1v) is 5.58. The predicted molar refractivity (Wildman–Crippen MR) is 66.1 cm³/mol. The van der Waals surface area contributed by atoms with Gasteiger partial charge in [-0.15, -0.1) is 6.58 Å². The van der Waals surface area contributed by atoms with Crippen LogP contribution in [0.15, 0.2) is 55.3 Å². The highest BCUT2D eigenvalue weighted by Crippen LogP contribution is 2.32. The number of benzene rings is 1. The highest BCUT2D eigenvalue weighted by atomic mass is 16.5. The van der Waals surface area contributed by atoms with E-state index in [0.29, 0.717) is 6.54 Å². The zero-order chi connectivity index (χ0) is 12.1. The van der Waals surface area contributed by atoms with Gasteiger partial charge in [-0.1, -0.05) is 36.4 Å². The van der Waals surface area contributed by atoms with Crippen molar-refractivity contribution in [2.75, 3.05) is 6.54 Å². The molecule has 0 spiro atoms. The summed E-state index contributed by atoms with van der Waals surface area (Å²) in [5.74, 6) is -0.301. The Morgan fingerprint density at radius 2 is 2.18 bits per heavy atom. The summed E-state index contributed by atoms with van der Waals surface area (Å²) < 4.78 is 5.49. The van der Waals surface area contributed by atoms with Gasteiger partial charge in [0.1, 0.15) is 12.0 Å². The molecule has 0 saturated carbocycles. The molecule has 1 aliphatic rings. The van der Waals surface area contributed by atoms with Crippen molar-refractivity contribution in [1.82, 2.24) is 5.32 Å². The van der Waals surface area contributed by atoms with E-state index in [1.807, 2.05) is 30.3 Å². The fourth-order valence-electron chi connectivity index (χ4n) is 1.84. The van der Waals surface area contributed by atoms with Crippen LogP contribution in [0.3, 0.4) is 0 Å². The topological polar surface area (TPSA) is 38.3 Å². The van der Waals surface area contributed by atoms with Crippen LogP contribution in [0, 0.1) is 5.92 Å². The van der Waals surface area contributed by atoms with Crippen molar-refractivity contribution >= 4 is 5.91 Å². The Balaban J connectivity index is 2.09. The Bertz CT molecular complexity index is 425. The van der Waals surface area contributed by atoms with Crippen molar-refractivity contribution in [3.63, 3.8) is 0 Å². The lowest BCUT2D eigenvalue weighted by Crippen LogP contribution is -2.32. The van der Waals surface area contributed by atoms with Crippen LogP contribution >= 0.6 is 0 Å². The molecular weight excluding hydrogens is 214 g/mol. The fourth-order valence-corrected chi connectivity index (χ4v) is 1.84. The number of rotatable bonds is 4. The largest absolute Gasteiger partial charge is 0.492 e. The molecule has 1 aromatic rings. The molecule has 0 saturated heterocycles. The van der Waals surface area contributed by atoms with Gasteiger partial charge in [0.25, 0.3) is 0 Å². The van der Waals surface area contributed by atoms with E-state index in [9.17, 15) is 4.79 Å². The van der Waals surface area contributed by atoms with Gasteiger partial charge >= 0.3 is 0 Å². The average molecular weight is 229 g/mol. The number of carbonyl (C=O) groups excluding carboxylic acids is 1. The van der Waals surface area contributed by atoms with Crippen LogP contribution in [-0.4, -0.2) is 12.5 Å². The molecule has 1 heterocycles. The average Bonchev–Trinajstić information content (AvgIpc) is 2.86. The van der Waals surface area contributed by atoms with Crippen molar-refractivity contribution < 1.29 is 9.53 Å². The molecule has 3 heteroatoms. The van der Waals surface area contributed by atoms with Gasteiger partial charge in [0.2, 0.25) is 5.91 Å². The van der Waals surface area contributed by atoms with E-state index in [4.69, 9.17) is 4.74 Å². The third-order valence-electron chi connectivity index (χ3n) is 2.69. The summed E-state index contributed by atoms with van der Waals surface area (Å²) >= 11 is 0. The normalized spacial score (nSPS) is 21.9. The van der Waals surface area contributed by atoms with E-state index in [-0.39, 0.29) is 17.9 Å². The maximum atomic E-state index is 11.9. The molecule has 1 aromatic carbocycles. The second-order valence-electron chi connectivity index (χ2n) is 3.86. The van der Waals surface area contributed by atoms with Crippen LogP contribution in [0.1, 0.15) is 11.7 Å². The third-order valence-corrected chi connectivity index (χ3v) is 2.69. The first kappa shape index (κ1) is 11.5. The maximum absolute atomic E-state index is 11.9. The summed E-state index contributed by atoms with van der Waals surface area (Å²) in [7, 11) is 0. The van der Waals surface area contributed by atoms with Crippen LogP contribution in [0.5, 0.6) is 0 Å². The maximum Gasteiger partial charge on any atom is 0.231 e. The summed E-state index contributed by atoms with van der Waals surface area (Å²) in [4.78, 5) is 11.9. The fraction of sp³-hybridized carbons (Fsp3) is 0.214. The SMILES string of the molecule is C=CCNC(=O)[C@H]1C=CO[C@H]1c1ccccc1. The van der Waals surface area contributed by atoms with E-state index >= 15 is 0 Å². The second kappa shape index (κ2) is 5.34. The zero-order valence-electron chi connectivity index (χ0n) is 9.50. The van der Waals surface area contributed by atoms with Crippen LogP contribution in [0.2, 0.25) is 0 Å². The number of amides is 1. The number of ether oxygens (including phenoxy) is 1. The van der Waals surface area contributed by atoms with Gasteiger partial charge in [0.15, 0.2) is 0 Å². The van der Waals surface area contributed by atoms with Crippen LogP contribution in [-0.2, 0) is 9.53 Å². The third kappa shape index (κ3) is 2.56. The number of nitrogens with one attached hydrogen (secondary N) is 1. The highest BCUT2D eigenvalue weighted by Gasteiger charge is 2.31. The lowest BCUT2D eigenvalue weighted by molar-refractivity contribution is -0.125. The molecular formula is C14H15NO2. The molecule has 1 N–H and O–H groups in total. The number of hydrogen-bond donors (Lipinski definition) is 1. The van der Waals surface area contributed by atoms with Gasteiger partial charge in [-0.3, -0.25) is 4.79 Å². The first-order valence-electron chi connectivity index (χ1n) is 5.58. The smallest absolute Gasteiger partial charge is 0.231 e. The molecule has 0 aromatic heterocycles. The standard InChI is InChI=1S/C14H15NO2/c1-2-9-15-14(16)12-8-10-17-13(12)11-6-4-3-5-7-11/h2-8,10,12-13H,1,9H2,(H,15,16)/t12-,13-/m0/s1. The Hall–Kier alpha value is -2.03. The summed E-state index contributed by atoms with van der Waals surface area (Å²) in [6.45, 7) is 4.05. The molecule has 3 nitrogen and oxygen atoms in total. The van der Waals surface area contributed by atoms with Crippen molar-refractivity contribution in [3.8, 4) is 0 Å². The molecule has 88 valence electrons. The molecule has 2 rings (SSSR count). The molecule has 1 aliphatic heterocycles. The van der Waals surface area contributed by atoms with Crippen LogP contribution in [0.4, 0.5) is 0 Å². The van der Waals surface area contributed by atoms with E-state index in [0.717, 1.165) is 5.56 Å². The van der Waals surface area contributed by atoms with Crippen molar-refractivity contribution in [1.29, 1.82) is 0 Å². The van der Waals surface area contributed by atoms with Crippen molar-refractivity contribution in [3.05, 3.63) is 60.9 Å². The van der Waals surface area contributed by atoms with Crippen molar-refractivity contribution in [2.24, 2.45) is 5.92 Å². The monoisotopic (exact) mass is 229 g/mol. The van der Waals surface area contributed by atoms with E-state index in [2.05, 4.69) is 11.9 Å². The van der Waals surface area contributed by atoms with Gasteiger partial charge in [-0.2, -0.15) is 0 Å². The zero-order valence-corrected chi connectivity index (χ0v) is 9.50. The molecule has 0 aliphatic carbocycles. The Morgan fingerprint density at radius 3 is 2.88 bits per heavy atom. The van der Waals surface area contributed by atoms with Crippen LogP contribution < -0.4 is 5.32 Å². The Kier molecular flexibility index (Phi) is 3.60. The summed E-state index contributed by atoms with van der Waals surface area (Å²) in [6, 6.07) is 9.75. The van der Waals surface area contributed by atoms with Gasteiger partial charge < -0.3 is 10.1 Å². The molecule has 1 amide bonds. The summed E-state index contributed by atoms with van der Waals surface area (Å²) in [5.41, 5.74) is 1.01. The molecule has 0 radical (unpaired) electrons. The predicted octanol–water partition coefficient (Wildman–Crippen LogP) is 2.19.